The molecule has 26 heavy (non-hydrogen) atoms. The fourth-order valence-electron chi connectivity index (χ4n) is 2.78. The van der Waals surface area contributed by atoms with Crippen molar-refractivity contribution in [2.45, 2.75) is 59.7 Å². The van der Waals surface area contributed by atoms with E-state index in [2.05, 4.69) is 5.32 Å². The van der Waals surface area contributed by atoms with Gasteiger partial charge in [0.05, 0.1) is 0 Å². The van der Waals surface area contributed by atoms with Crippen LogP contribution < -0.4 is 5.32 Å². The number of carbonyl (C=O) groups excluding carboxylic acids is 3. The third kappa shape index (κ3) is 6.17. The number of hydrogen-bond acceptors (Lipinski definition) is 4. The first-order valence-electron chi connectivity index (χ1n) is 8.98. The standard InChI is InChI=1S/C20H30N2O4/c1-13(2)18(21-19(24)16-10-8-7-9-11-16)20(25)26-12-17(23)22(14(3)4)15(5)6/h7-11,13-15,18H,12H2,1-6H3,(H,21,24). The van der Waals surface area contributed by atoms with Gasteiger partial charge in [0.1, 0.15) is 6.04 Å². The molecule has 0 aliphatic rings. The minimum absolute atomic E-state index is 0.0138. The molecule has 0 heterocycles. The third-order valence-electron chi connectivity index (χ3n) is 3.98. The van der Waals surface area contributed by atoms with E-state index in [1.54, 1.807) is 29.2 Å². The van der Waals surface area contributed by atoms with Crippen LogP contribution in [-0.4, -0.2) is 47.4 Å². The predicted molar refractivity (Wildman–Crippen MR) is 101 cm³/mol. The molecule has 0 aromatic heterocycles. The number of ether oxygens (including phenoxy) is 1. The number of nitrogens with zero attached hydrogens (tertiary/aromatic N) is 1. The Morgan fingerprint density at radius 2 is 1.50 bits per heavy atom. The van der Waals surface area contributed by atoms with E-state index in [1.807, 2.05) is 47.6 Å². The number of hydrogen-bond donors (Lipinski definition) is 1. The first kappa shape index (κ1) is 21.7. The van der Waals surface area contributed by atoms with Crippen LogP contribution in [0.25, 0.3) is 0 Å². The molecule has 1 N–H and O–H groups in total. The zero-order chi connectivity index (χ0) is 19.9. The fourth-order valence-corrected chi connectivity index (χ4v) is 2.78. The van der Waals surface area contributed by atoms with Gasteiger partial charge in [0, 0.05) is 17.6 Å². The second kappa shape index (κ2) is 9.94. The van der Waals surface area contributed by atoms with Crippen LogP contribution in [-0.2, 0) is 14.3 Å². The summed E-state index contributed by atoms with van der Waals surface area (Å²) in [7, 11) is 0. The summed E-state index contributed by atoms with van der Waals surface area (Å²) >= 11 is 0. The van der Waals surface area contributed by atoms with Gasteiger partial charge in [-0.05, 0) is 45.7 Å². The molecule has 1 aromatic rings. The van der Waals surface area contributed by atoms with E-state index >= 15 is 0 Å². The maximum Gasteiger partial charge on any atom is 0.329 e. The van der Waals surface area contributed by atoms with Gasteiger partial charge in [-0.25, -0.2) is 4.79 Å². The number of esters is 1. The van der Waals surface area contributed by atoms with Gasteiger partial charge in [-0.2, -0.15) is 0 Å². The fraction of sp³-hybridized carbons (Fsp3) is 0.550. The molecule has 0 aliphatic carbocycles. The molecule has 0 aliphatic heterocycles. The average Bonchev–Trinajstić information content (AvgIpc) is 2.57. The molecule has 6 nitrogen and oxygen atoms in total. The number of carbonyl (C=O) groups is 3. The van der Waals surface area contributed by atoms with Crippen molar-refractivity contribution in [3.63, 3.8) is 0 Å². The maximum atomic E-state index is 12.4. The minimum Gasteiger partial charge on any atom is -0.454 e. The lowest BCUT2D eigenvalue weighted by atomic mass is 10.0. The topological polar surface area (TPSA) is 75.7 Å². The Labute approximate surface area is 155 Å². The molecular formula is C20H30N2O4. The lowest BCUT2D eigenvalue weighted by Crippen LogP contribution is -2.48. The average molecular weight is 362 g/mol. The molecule has 0 bridgehead atoms. The van der Waals surface area contributed by atoms with Crippen molar-refractivity contribution in [2.75, 3.05) is 6.61 Å². The molecule has 6 heteroatoms. The number of rotatable bonds is 8. The summed E-state index contributed by atoms with van der Waals surface area (Å²) in [4.78, 5) is 38.7. The Kier molecular flexibility index (Phi) is 8.29. The highest BCUT2D eigenvalue weighted by molar-refractivity contribution is 5.97. The lowest BCUT2D eigenvalue weighted by Gasteiger charge is -2.30. The first-order chi connectivity index (χ1) is 12.1. The molecule has 0 fully saturated rings. The summed E-state index contributed by atoms with van der Waals surface area (Å²) in [5.74, 6) is -1.37. The molecule has 1 atom stereocenters. The first-order valence-corrected chi connectivity index (χ1v) is 8.98. The highest BCUT2D eigenvalue weighted by Gasteiger charge is 2.28. The van der Waals surface area contributed by atoms with E-state index in [9.17, 15) is 14.4 Å². The van der Waals surface area contributed by atoms with Crippen molar-refractivity contribution < 1.29 is 19.1 Å². The van der Waals surface area contributed by atoms with E-state index in [0.717, 1.165) is 0 Å². The zero-order valence-corrected chi connectivity index (χ0v) is 16.5. The Morgan fingerprint density at radius 1 is 0.962 bits per heavy atom. The molecule has 1 unspecified atom stereocenters. The SMILES string of the molecule is CC(C)C(NC(=O)c1ccccc1)C(=O)OCC(=O)N(C(C)C)C(C)C. The van der Waals surface area contributed by atoms with Gasteiger partial charge in [0.15, 0.2) is 6.61 Å². The number of nitrogens with one attached hydrogen (secondary N) is 1. The van der Waals surface area contributed by atoms with Crippen LogP contribution in [0.5, 0.6) is 0 Å². The van der Waals surface area contributed by atoms with Gasteiger partial charge in [-0.3, -0.25) is 9.59 Å². The van der Waals surface area contributed by atoms with Crippen LogP contribution in [0.3, 0.4) is 0 Å². The highest BCUT2D eigenvalue weighted by Crippen LogP contribution is 2.09. The molecule has 2 amide bonds. The van der Waals surface area contributed by atoms with Crippen LogP contribution in [0, 0.1) is 5.92 Å². The summed E-state index contributed by atoms with van der Waals surface area (Å²) in [5, 5.41) is 2.69. The summed E-state index contributed by atoms with van der Waals surface area (Å²) in [6, 6.07) is 7.87. The molecule has 0 saturated carbocycles. The normalized spacial score (nSPS) is 12.2. The van der Waals surface area contributed by atoms with E-state index in [0.29, 0.717) is 5.56 Å². The van der Waals surface area contributed by atoms with Gasteiger partial charge in [-0.1, -0.05) is 32.0 Å². The third-order valence-corrected chi connectivity index (χ3v) is 3.98. The van der Waals surface area contributed by atoms with Crippen LogP contribution in [0.1, 0.15) is 51.9 Å². The van der Waals surface area contributed by atoms with Crippen LogP contribution in [0.15, 0.2) is 30.3 Å². The van der Waals surface area contributed by atoms with Crippen molar-refractivity contribution in [1.82, 2.24) is 10.2 Å². The molecule has 0 radical (unpaired) electrons. The highest BCUT2D eigenvalue weighted by atomic mass is 16.5. The maximum absolute atomic E-state index is 12.4. The van der Waals surface area contributed by atoms with Crippen molar-refractivity contribution in [2.24, 2.45) is 5.92 Å². The van der Waals surface area contributed by atoms with Crippen molar-refractivity contribution >= 4 is 17.8 Å². The molecule has 144 valence electrons. The summed E-state index contributed by atoms with van der Waals surface area (Å²) < 4.78 is 5.20. The number of benzene rings is 1. The number of amides is 2. The summed E-state index contributed by atoms with van der Waals surface area (Å²) in [6.45, 7) is 10.9. The van der Waals surface area contributed by atoms with Gasteiger partial charge < -0.3 is 15.0 Å². The summed E-state index contributed by atoms with van der Waals surface area (Å²) in [6.07, 6.45) is 0. The van der Waals surface area contributed by atoms with E-state index in [-0.39, 0.29) is 36.4 Å². The second-order valence-corrected chi connectivity index (χ2v) is 7.16. The molecule has 0 saturated heterocycles. The molecule has 1 aromatic carbocycles. The van der Waals surface area contributed by atoms with Crippen LogP contribution in [0.4, 0.5) is 0 Å². The monoisotopic (exact) mass is 362 g/mol. The van der Waals surface area contributed by atoms with Gasteiger partial charge in [-0.15, -0.1) is 0 Å². The van der Waals surface area contributed by atoms with Gasteiger partial charge in [0.25, 0.3) is 11.8 Å². The lowest BCUT2D eigenvalue weighted by molar-refractivity contribution is -0.155. The van der Waals surface area contributed by atoms with Crippen molar-refractivity contribution in [3.05, 3.63) is 35.9 Å². The van der Waals surface area contributed by atoms with E-state index < -0.39 is 12.0 Å². The predicted octanol–water partition coefficient (Wildman–Crippen LogP) is 2.63. The van der Waals surface area contributed by atoms with Crippen LogP contribution in [0.2, 0.25) is 0 Å². The minimum atomic E-state index is -0.818. The van der Waals surface area contributed by atoms with E-state index in [1.165, 1.54) is 0 Å². The Morgan fingerprint density at radius 3 is 1.96 bits per heavy atom. The largest absolute Gasteiger partial charge is 0.454 e. The van der Waals surface area contributed by atoms with Gasteiger partial charge >= 0.3 is 5.97 Å². The zero-order valence-electron chi connectivity index (χ0n) is 16.5. The van der Waals surface area contributed by atoms with Gasteiger partial charge in [0.2, 0.25) is 0 Å². The second-order valence-electron chi connectivity index (χ2n) is 7.16. The van der Waals surface area contributed by atoms with Crippen molar-refractivity contribution in [3.8, 4) is 0 Å². The Hall–Kier alpha value is -2.37. The summed E-state index contributed by atoms with van der Waals surface area (Å²) in [5.41, 5.74) is 0.466. The smallest absolute Gasteiger partial charge is 0.329 e. The van der Waals surface area contributed by atoms with Crippen LogP contribution >= 0.6 is 0 Å². The molecular weight excluding hydrogens is 332 g/mol. The quantitative estimate of drug-likeness (QED) is 0.721. The van der Waals surface area contributed by atoms with Crippen molar-refractivity contribution in [1.29, 1.82) is 0 Å². The van der Waals surface area contributed by atoms with E-state index in [4.69, 9.17) is 4.74 Å². The Bertz CT molecular complexity index is 603. The Balaban J connectivity index is 2.71. The molecule has 1 rings (SSSR count). The molecule has 0 spiro atoms.